The molecule has 2 aromatic carbocycles. The van der Waals surface area contributed by atoms with Crippen LogP contribution in [0.4, 0.5) is 0 Å². The van der Waals surface area contributed by atoms with Crippen LogP contribution in [0.15, 0.2) is 48.6 Å². The van der Waals surface area contributed by atoms with Crippen molar-refractivity contribution < 1.29 is 89.1 Å². The monoisotopic (exact) mass is 820 g/mol. The summed E-state index contributed by atoms with van der Waals surface area (Å²) in [6.45, 7) is 3.21. The second-order valence-electron chi connectivity index (χ2n) is 14.6. The minimum atomic E-state index is -1.98. The first-order valence-electron chi connectivity index (χ1n) is 18.7. The first-order chi connectivity index (χ1) is 27.6. The van der Waals surface area contributed by atoms with Gasteiger partial charge in [0, 0.05) is 0 Å². The number of aliphatic hydroxyl groups excluding tert-OH is 10. The number of ketones is 2. The molecule has 3 aliphatic heterocycles. The predicted molar refractivity (Wildman–Crippen MR) is 199 cm³/mol. The van der Waals surface area contributed by atoms with E-state index in [4.69, 9.17) is 28.4 Å². The smallest absolute Gasteiger partial charge is 0.229 e. The van der Waals surface area contributed by atoms with E-state index in [0.717, 1.165) is 16.7 Å². The number of ether oxygens (including phenoxy) is 6. The molecule has 3 heterocycles. The number of aliphatic hydroxyl groups is 10. The largest absolute Gasteiger partial charge is 0.462 e. The van der Waals surface area contributed by atoms with Crippen molar-refractivity contribution in [2.45, 2.75) is 119 Å². The van der Waals surface area contributed by atoms with Gasteiger partial charge in [-0.3, -0.25) is 9.59 Å². The van der Waals surface area contributed by atoms with Gasteiger partial charge in [-0.2, -0.15) is 0 Å². The molecule has 58 heavy (non-hydrogen) atoms. The molecule has 320 valence electrons. The van der Waals surface area contributed by atoms with Gasteiger partial charge < -0.3 is 79.5 Å². The molecule has 0 amide bonds. The van der Waals surface area contributed by atoms with Gasteiger partial charge in [0.15, 0.2) is 24.1 Å². The molecule has 18 heteroatoms. The van der Waals surface area contributed by atoms with E-state index < -0.39 is 118 Å². The van der Waals surface area contributed by atoms with Crippen LogP contribution in [0.25, 0.3) is 12.2 Å². The summed E-state index contributed by atoms with van der Waals surface area (Å²) in [6.07, 6.45) is -20.4. The summed E-state index contributed by atoms with van der Waals surface area (Å²) in [5.41, 5.74) is 4.15. The fourth-order valence-corrected chi connectivity index (χ4v) is 6.70. The van der Waals surface area contributed by atoms with Crippen LogP contribution in [0, 0.1) is 20.8 Å². The highest BCUT2D eigenvalue weighted by atomic mass is 16.8. The SMILES string of the molecule is Cc1ccc(/C=C/C(=O)CC(=O)/C=C/c2ccc(O[C@@H]3O[C@H](CO)[C@@H](O)[C@H](O[C@@H]4O[C@H](CO)[C@@H](O)[C@H](O[C@@H]5O[C@H](CO)[C@@H](O)[C@H](O)[C@H]5O)[C@H]4O)[C@H]3O)c(C)c2)cc1C. The maximum absolute atomic E-state index is 12.5. The quantitative estimate of drug-likeness (QED) is 0.0667. The highest BCUT2D eigenvalue weighted by Crippen LogP contribution is 2.34. The average molecular weight is 821 g/mol. The van der Waals surface area contributed by atoms with Gasteiger partial charge in [-0.1, -0.05) is 36.4 Å². The zero-order valence-electron chi connectivity index (χ0n) is 32.0. The Balaban J connectivity index is 1.23. The van der Waals surface area contributed by atoms with Gasteiger partial charge in [-0.05, 0) is 72.9 Å². The number of benzene rings is 2. The van der Waals surface area contributed by atoms with E-state index in [1.165, 1.54) is 24.3 Å². The van der Waals surface area contributed by atoms with Crippen LogP contribution in [-0.2, 0) is 33.3 Å². The molecule has 0 spiro atoms. The minimum Gasteiger partial charge on any atom is -0.462 e. The summed E-state index contributed by atoms with van der Waals surface area (Å²) in [5, 5.41) is 105. The first kappa shape index (κ1) is 45.5. The van der Waals surface area contributed by atoms with Crippen molar-refractivity contribution >= 4 is 23.7 Å². The number of aryl methyl sites for hydroxylation is 3. The van der Waals surface area contributed by atoms with Crippen LogP contribution < -0.4 is 4.74 Å². The van der Waals surface area contributed by atoms with E-state index in [0.29, 0.717) is 11.1 Å². The third kappa shape index (κ3) is 10.6. The van der Waals surface area contributed by atoms with Gasteiger partial charge in [-0.25, -0.2) is 0 Å². The number of hydrogen-bond donors (Lipinski definition) is 10. The lowest BCUT2D eigenvalue weighted by Crippen LogP contribution is -2.67. The first-order valence-corrected chi connectivity index (χ1v) is 18.7. The Labute approximate surface area is 333 Å². The lowest BCUT2D eigenvalue weighted by atomic mass is 9.96. The van der Waals surface area contributed by atoms with E-state index in [1.807, 2.05) is 32.0 Å². The zero-order valence-corrected chi connectivity index (χ0v) is 32.0. The van der Waals surface area contributed by atoms with E-state index >= 15 is 0 Å². The summed E-state index contributed by atoms with van der Waals surface area (Å²) in [6, 6.07) is 10.5. The van der Waals surface area contributed by atoms with Crippen LogP contribution in [0.3, 0.4) is 0 Å². The molecular weight excluding hydrogens is 768 g/mol. The Kier molecular flexibility index (Phi) is 15.8. The second kappa shape index (κ2) is 20.1. The number of hydrogen-bond acceptors (Lipinski definition) is 18. The molecule has 0 bridgehead atoms. The third-order valence-electron chi connectivity index (χ3n) is 10.3. The van der Waals surface area contributed by atoms with Crippen molar-refractivity contribution in [1.29, 1.82) is 0 Å². The van der Waals surface area contributed by atoms with E-state index in [1.54, 1.807) is 25.1 Å². The van der Waals surface area contributed by atoms with Crippen molar-refractivity contribution in [3.63, 3.8) is 0 Å². The summed E-state index contributed by atoms with van der Waals surface area (Å²) in [7, 11) is 0. The number of carbonyl (C=O) groups excluding carboxylic acids is 2. The predicted octanol–water partition coefficient (Wildman–Crippen LogP) is -2.31. The van der Waals surface area contributed by atoms with Crippen molar-refractivity contribution in [2.75, 3.05) is 19.8 Å². The Hall–Kier alpha value is -3.54. The van der Waals surface area contributed by atoms with Gasteiger partial charge in [0.2, 0.25) is 6.29 Å². The standard InChI is InChI=1S/C40H52O18/c1-18-4-5-21(12-19(18)2)6-9-23(44)14-24(45)10-7-22-8-11-25(20(3)13-22)53-39-34(51)36(30(47)27(16-42)55-39)58-40-35(52)37(31(48)28(17-43)56-40)57-38-33(50)32(49)29(46)26(15-41)54-38/h4-13,26-43,46-52H,14-17H2,1-3H3/b9-6+,10-7+/t26-,27-,28-,29-,30-,31-,32+,33-,34-,35-,36+,37+,38+,39-,40+/m1/s1. The normalized spacial score (nSPS) is 35.7. The molecule has 3 saturated heterocycles. The van der Waals surface area contributed by atoms with Crippen molar-refractivity contribution in [3.8, 4) is 5.75 Å². The van der Waals surface area contributed by atoms with Gasteiger partial charge in [0.05, 0.1) is 26.2 Å². The Bertz CT molecular complexity index is 1760. The highest BCUT2D eigenvalue weighted by Gasteiger charge is 2.54. The van der Waals surface area contributed by atoms with Crippen LogP contribution >= 0.6 is 0 Å². The molecule has 0 unspecified atom stereocenters. The fourth-order valence-electron chi connectivity index (χ4n) is 6.70. The molecule has 0 saturated carbocycles. The molecule has 18 nitrogen and oxygen atoms in total. The molecule has 10 N–H and O–H groups in total. The third-order valence-corrected chi connectivity index (χ3v) is 10.3. The van der Waals surface area contributed by atoms with Crippen molar-refractivity contribution in [2.24, 2.45) is 0 Å². The highest BCUT2D eigenvalue weighted by molar-refractivity contribution is 6.10. The van der Waals surface area contributed by atoms with Gasteiger partial charge >= 0.3 is 0 Å². The van der Waals surface area contributed by atoms with Gasteiger partial charge in [-0.15, -0.1) is 0 Å². The van der Waals surface area contributed by atoms with Gasteiger partial charge in [0.25, 0.3) is 0 Å². The molecular formula is C40H52O18. The van der Waals surface area contributed by atoms with E-state index in [-0.39, 0.29) is 18.0 Å². The Morgan fingerprint density at radius 1 is 0.552 bits per heavy atom. The Morgan fingerprint density at radius 3 is 1.50 bits per heavy atom. The number of rotatable bonds is 15. The second-order valence-corrected chi connectivity index (χ2v) is 14.6. The average Bonchev–Trinajstić information content (AvgIpc) is 3.20. The van der Waals surface area contributed by atoms with Crippen molar-refractivity contribution in [3.05, 3.63) is 76.4 Å². The molecule has 15 atom stereocenters. The summed E-state index contributed by atoms with van der Waals surface area (Å²) in [4.78, 5) is 24.9. The van der Waals surface area contributed by atoms with Crippen LogP contribution in [0.1, 0.15) is 34.2 Å². The summed E-state index contributed by atoms with van der Waals surface area (Å²) < 4.78 is 33.8. The maximum Gasteiger partial charge on any atom is 0.229 e. The number of carbonyl (C=O) groups is 2. The summed E-state index contributed by atoms with van der Waals surface area (Å²) >= 11 is 0. The van der Waals surface area contributed by atoms with E-state index in [2.05, 4.69) is 0 Å². The topological polar surface area (TPSA) is 292 Å². The van der Waals surface area contributed by atoms with Gasteiger partial charge in [0.1, 0.15) is 79.0 Å². The molecule has 3 aliphatic rings. The van der Waals surface area contributed by atoms with E-state index in [9.17, 15) is 60.7 Å². The molecule has 0 aliphatic carbocycles. The summed E-state index contributed by atoms with van der Waals surface area (Å²) in [5.74, 6) is -0.579. The molecule has 3 fully saturated rings. The Morgan fingerprint density at radius 2 is 1.00 bits per heavy atom. The molecule has 2 aromatic rings. The fraction of sp³-hybridized carbons (Fsp3) is 0.550. The lowest BCUT2D eigenvalue weighted by molar-refractivity contribution is -0.378. The zero-order chi connectivity index (χ0) is 42.4. The van der Waals surface area contributed by atoms with Crippen LogP contribution in [-0.4, -0.2) is 175 Å². The van der Waals surface area contributed by atoms with Crippen molar-refractivity contribution in [1.82, 2.24) is 0 Å². The number of allylic oxidation sites excluding steroid dienone is 2. The molecule has 0 radical (unpaired) electrons. The minimum absolute atomic E-state index is 0.191. The van der Waals surface area contributed by atoms with Crippen LogP contribution in [0.5, 0.6) is 5.75 Å². The van der Waals surface area contributed by atoms with Crippen LogP contribution in [0.2, 0.25) is 0 Å². The maximum atomic E-state index is 12.5. The molecule has 5 rings (SSSR count). The molecule has 0 aromatic heterocycles. The lowest BCUT2D eigenvalue weighted by Gasteiger charge is -2.48.